The minimum absolute atomic E-state index is 0.117. The van der Waals surface area contributed by atoms with Gasteiger partial charge >= 0.3 is 5.97 Å². The molecule has 0 bridgehead atoms. The number of hydrogen-bond donors (Lipinski definition) is 1. The van der Waals surface area contributed by atoms with Gasteiger partial charge in [-0.05, 0) is 23.8 Å². The first kappa shape index (κ1) is 14.4. The summed E-state index contributed by atoms with van der Waals surface area (Å²) in [5, 5.41) is 4.13. The van der Waals surface area contributed by atoms with Crippen molar-refractivity contribution in [2.24, 2.45) is 0 Å². The first-order chi connectivity index (χ1) is 9.55. The average molecular weight is 340 g/mol. The Kier molecular flexibility index (Phi) is 4.29. The van der Waals surface area contributed by atoms with Gasteiger partial charge in [-0.2, -0.15) is 5.10 Å². The summed E-state index contributed by atoms with van der Waals surface area (Å²) in [4.78, 5) is 11.5. The summed E-state index contributed by atoms with van der Waals surface area (Å²) in [6.45, 7) is 0.457. The fourth-order valence-electron chi connectivity index (χ4n) is 1.75. The third-order valence-corrected chi connectivity index (χ3v) is 3.53. The molecular weight excluding hydrogens is 326 g/mol. The molecule has 0 aliphatic heterocycles. The lowest BCUT2D eigenvalue weighted by atomic mass is 10.2. The minimum atomic E-state index is -0.550. The molecule has 0 aliphatic rings. The standard InChI is InChI=1S/C13H14BrN3O3/c1-19-9-3-4-10(14)8(5-9)6-17-7-11(15)12(16-17)13(18)20-2/h3-5,7H,6,15H2,1-2H3. The highest BCUT2D eigenvalue weighted by Gasteiger charge is 2.15. The van der Waals surface area contributed by atoms with E-state index in [2.05, 4.69) is 25.8 Å². The number of halogens is 1. The molecule has 0 amide bonds. The Morgan fingerprint density at radius 2 is 2.20 bits per heavy atom. The first-order valence-electron chi connectivity index (χ1n) is 5.78. The van der Waals surface area contributed by atoms with Crippen LogP contribution in [0.3, 0.4) is 0 Å². The van der Waals surface area contributed by atoms with E-state index in [4.69, 9.17) is 10.5 Å². The zero-order valence-corrected chi connectivity index (χ0v) is 12.7. The zero-order valence-electron chi connectivity index (χ0n) is 11.1. The average Bonchev–Trinajstić information content (AvgIpc) is 2.81. The lowest BCUT2D eigenvalue weighted by Crippen LogP contribution is -2.07. The molecule has 0 unspecified atom stereocenters. The fraction of sp³-hybridized carbons (Fsp3) is 0.231. The van der Waals surface area contributed by atoms with Crippen molar-refractivity contribution in [1.29, 1.82) is 0 Å². The molecule has 106 valence electrons. The molecule has 20 heavy (non-hydrogen) atoms. The van der Waals surface area contributed by atoms with Crippen molar-refractivity contribution in [2.45, 2.75) is 6.54 Å². The van der Waals surface area contributed by atoms with Crippen molar-refractivity contribution < 1.29 is 14.3 Å². The predicted octanol–water partition coefficient (Wildman–Crippen LogP) is 2.07. The van der Waals surface area contributed by atoms with E-state index in [0.29, 0.717) is 6.54 Å². The van der Waals surface area contributed by atoms with Crippen LogP contribution in [-0.4, -0.2) is 30.0 Å². The number of benzene rings is 1. The van der Waals surface area contributed by atoms with Crippen LogP contribution in [0.25, 0.3) is 0 Å². The Morgan fingerprint density at radius 3 is 2.85 bits per heavy atom. The Hall–Kier alpha value is -2.02. The van der Waals surface area contributed by atoms with Crippen LogP contribution in [0.1, 0.15) is 16.1 Å². The van der Waals surface area contributed by atoms with Crippen LogP contribution < -0.4 is 10.5 Å². The van der Waals surface area contributed by atoms with E-state index in [1.165, 1.54) is 7.11 Å². The largest absolute Gasteiger partial charge is 0.497 e. The van der Waals surface area contributed by atoms with E-state index in [1.54, 1.807) is 18.0 Å². The number of esters is 1. The number of aromatic nitrogens is 2. The summed E-state index contributed by atoms with van der Waals surface area (Å²) in [7, 11) is 2.90. The van der Waals surface area contributed by atoms with Crippen molar-refractivity contribution in [3.8, 4) is 5.75 Å². The maximum absolute atomic E-state index is 11.5. The van der Waals surface area contributed by atoms with Gasteiger partial charge in [0.1, 0.15) is 5.75 Å². The molecule has 6 nitrogen and oxygen atoms in total. The molecule has 1 aromatic carbocycles. The highest BCUT2D eigenvalue weighted by atomic mass is 79.9. The number of ether oxygens (including phenoxy) is 2. The second kappa shape index (κ2) is 5.96. The molecule has 7 heteroatoms. The van der Waals surface area contributed by atoms with Crippen LogP contribution in [-0.2, 0) is 11.3 Å². The second-order valence-corrected chi connectivity index (χ2v) is 4.93. The van der Waals surface area contributed by atoms with E-state index in [1.807, 2.05) is 18.2 Å². The van der Waals surface area contributed by atoms with Crippen LogP contribution in [0.4, 0.5) is 5.69 Å². The minimum Gasteiger partial charge on any atom is -0.497 e. The van der Waals surface area contributed by atoms with Gasteiger partial charge in [-0.15, -0.1) is 0 Å². The van der Waals surface area contributed by atoms with Crippen molar-refractivity contribution in [3.05, 3.63) is 40.1 Å². The number of nitrogens with zero attached hydrogens (tertiary/aromatic N) is 2. The number of methoxy groups -OCH3 is 2. The van der Waals surface area contributed by atoms with Crippen LogP contribution in [0.5, 0.6) is 5.75 Å². The van der Waals surface area contributed by atoms with E-state index in [-0.39, 0.29) is 11.4 Å². The molecule has 0 saturated carbocycles. The van der Waals surface area contributed by atoms with Gasteiger partial charge in [-0.1, -0.05) is 15.9 Å². The third-order valence-electron chi connectivity index (χ3n) is 2.75. The van der Waals surface area contributed by atoms with Crippen molar-refractivity contribution in [3.63, 3.8) is 0 Å². The molecule has 0 saturated heterocycles. The SMILES string of the molecule is COC(=O)c1nn(Cc2cc(OC)ccc2Br)cc1N. The van der Waals surface area contributed by atoms with Gasteiger partial charge in [-0.25, -0.2) is 4.79 Å². The molecule has 2 N–H and O–H groups in total. The highest BCUT2D eigenvalue weighted by Crippen LogP contribution is 2.23. The number of nitrogen functional groups attached to an aromatic ring is 1. The van der Waals surface area contributed by atoms with Crippen LogP contribution >= 0.6 is 15.9 Å². The number of anilines is 1. The Labute approximate surface area is 124 Å². The monoisotopic (exact) mass is 339 g/mol. The molecule has 1 heterocycles. The van der Waals surface area contributed by atoms with Crippen LogP contribution in [0.2, 0.25) is 0 Å². The van der Waals surface area contributed by atoms with Gasteiger partial charge in [0.25, 0.3) is 0 Å². The van der Waals surface area contributed by atoms with E-state index in [0.717, 1.165) is 15.8 Å². The molecule has 0 aliphatic carbocycles. The summed E-state index contributed by atoms with van der Waals surface area (Å²) in [5.74, 6) is 0.197. The topological polar surface area (TPSA) is 79.4 Å². The van der Waals surface area contributed by atoms with Gasteiger partial charge < -0.3 is 15.2 Å². The molecule has 0 radical (unpaired) electrons. The van der Waals surface area contributed by atoms with Gasteiger partial charge in [-0.3, -0.25) is 4.68 Å². The number of nitrogens with two attached hydrogens (primary N) is 1. The smallest absolute Gasteiger partial charge is 0.360 e. The first-order valence-corrected chi connectivity index (χ1v) is 6.58. The maximum Gasteiger partial charge on any atom is 0.360 e. The summed E-state index contributed by atoms with van der Waals surface area (Å²) < 4.78 is 12.3. The van der Waals surface area contributed by atoms with Gasteiger partial charge in [0.15, 0.2) is 5.69 Å². The number of carbonyl (C=O) groups excluding carboxylic acids is 1. The van der Waals surface area contributed by atoms with Gasteiger partial charge in [0.05, 0.1) is 26.5 Å². The quantitative estimate of drug-likeness (QED) is 0.862. The van der Waals surface area contributed by atoms with Crippen LogP contribution in [0, 0.1) is 0 Å². The molecule has 2 rings (SSSR count). The second-order valence-electron chi connectivity index (χ2n) is 4.08. The molecular formula is C13H14BrN3O3. The zero-order chi connectivity index (χ0) is 14.7. The van der Waals surface area contributed by atoms with Crippen LogP contribution in [0.15, 0.2) is 28.9 Å². The Bertz CT molecular complexity index is 640. The molecule has 2 aromatic rings. The van der Waals surface area contributed by atoms with Gasteiger partial charge in [0.2, 0.25) is 0 Å². The maximum atomic E-state index is 11.5. The fourth-order valence-corrected chi connectivity index (χ4v) is 2.12. The Morgan fingerprint density at radius 1 is 1.45 bits per heavy atom. The van der Waals surface area contributed by atoms with Crippen molar-refractivity contribution in [1.82, 2.24) is 9.78 Å². The Balaban J connectivity index is 2.28. The third kappa shape index (κ3) is 2.93. The number of carbonyl (C=O) groups is 1. The predicted molar refractivity (Wildman–Crippen MR) is 77.8 cm³/mol. The molecule has 0 atom stereocenters. The highest BCUT2D eigenvalue weighted by molar-refractivity contribution is 9.10. The molecule has 0 fully saturated rings. The lowest BCUT2D eigenvalue weighted by Gasteiger charge is -2.07. The number of rotatable bonds is 4. The number of hydrogen-bond acceptors (Lipinski definition) is 5. The lowest BCUT2D eigenvalue weighted by molar-refractivity contribution is 0.0594. The van der Waals surface area contributed by atoms with Crippen molar-refractivity contribution in [2.75, 3.05) is 20.0 Å². The molecule has 1 aromatic heterocycles. The summed E-state index contributed by atoms with van der Waals surface area (Å²) in [6.07, 6.45) is 1.60. The van der Waals surface area contributed by atoms with E-state index in [9.17, 15) is 4.79 Å². The van der Waals surface area contributed by atoms with E-state index >= 15 is 0 Å². The summed E-state index contributed by atoms with van der Waals surface area (Å²) in [5.41, 5.74) is 7.11. The van der Waals surface area contributed by atoms with E-state index < -0.39 is 5.97 Å². The summed E-state index contributed by atoms with van der Waals surface area (Å²) in [6, 6.07) is 5.63. The molecule has 0 spiro atoms. The normalized spacial score (nSPS) is 10.3. The summed E-state index contributed by atoms with van der Waals surface area (Å²) >= 11 is 3.47. The van der Waals surface area contributed by atoms with Crippen molar-refractivity contribution >= 4 is 27.6 Å². The van der Waals surface area contributed by atoms with Gasteiger partial charge in [0, 0.05) is 10.7 Å².